The molecule has 0 saturated heterocycles. The number of hydrogen-bond acceptors (Lipinski definition) is 5. The molecule has 0 bridgehead atoms. The van der Waals surface area contributed by atoms with Gasteiger partial charge in [0, 0.05) is 10.7 Å². The molecule has 2 heterocycles. The number of aromatic nitrogens is 2. The van der Waals surface area contributed by atoms with E-state index in [9.17, 15) is 14.4 Å². The number of amides is 2. The minimum absolute atomic E-state index is 0.176. The fraction of sp³-hybridized carbons (Fsp3) is 0. The summed E-state index contributed by atoms with van der Waals surface area (Å²) in [5.41, 5.74) is 2.72. The van der Waals surface area contributed by atoms with E-state index in [1.54, 1.807) is 47.3 Å². The molecular formula is C22H12ClN3O4. The van der Waals surface area contributed by atoms with Gasteiger partial charge in [-0.05, 0) is 54.6 Å². The normalized spacial score (nSPS) is 13.0. The summed E-state index contributed by atoms with van der Waals surface area (Å²) < 4.78 is 1.80. The highest BCUT2D eigenvalue weighted by molar-refractivity contribution is 6.30. The molecule has 1 aliphatic rings. The molecular weight excluding hydrogens is 406 g/mol. The number of fused-ring (bicyclic) bond motifs is 2. The standard InChI is InChI=1S/C22H12ClN3O4/c23-14-6-8-15(9-7-14)25-12-24-18-10-5-13(11-19(18)25)22(29)30-26-20(27)16-3-1-2-4-17(16)21(26)28/h1-12H. The van der Waals surface area contributed by atoms with E-state index in [0.717, 1.165) is 5.69 Å². The summed E-state index contributed by atoms with van der Waals surface area (Å²) in [6, 6.07) is 18.3. The summed E-state index contributed by atoms with van der Waals surface area (Å²) in [5.74, 6) is -2.16. The lowest BCUT2D eigenvalue weighted by atomic mass is 10.1. The third-order valence-electron chi connectivity index (χ3n) is 4.82. The fourth-order valence-electron chi connectivity index (χ4n) is 3.33. The largest absolute Gasteiger partial charge is 0.364 e. The van der Waals surface area contributed by atoms with E-state index in [4.69, 9.17) is 16.4 Å². The average molecular weight is 418 g/mol. The highest BCUT2D eigenvalue weighted by atomic mass is 35.5. The van der Waals surface area contributed by atoms with E-state index in [-0.39, 0.29) is 16.7 Å². The Labute approximate surface area is 175 Å². The fourth-order valence-corrected chi connectivity index (χ4v) is 3.45. The number of halogens is 1. The molecule has 0 saturated carbocycles. The third-order valence-corrected chi connectivity index (χ3v) is 5.07. The molecule has 4 aromatic rings. The van der Waals surface area contributed by atoms with Gasteiger partial charge in [-0.2, -0.15) is 0 Å². The van der Waals surface area contributed by atoms with Gasteiger partial charge in [0.15, 0.2) is 0 Å². The van der Waals surface area contributed by atoms with Gasteiger partial charge in [-0.3, -0.25) is 14.2 Å². The number of imide groups is 1. The number of imidazole rings is 1. The van der Waals surface area contributed by atoms with Crippen LogP contribution in [0.1, 0.15) is 31.1 Å². The smallest absolute Gasteiger partial charge is 0.324 e. The summed E-state index contributed by atoms with van der Waals surface area (Å²) in [6.07, 6.45) is 1.63. The van der Waals surface area contributed by atoms with Crippen LogP contribution >= 0.6 is 11.6 Å². The lowest BCUT2D eigenvalue weighted by molar-refractivity contribution is -0.0584. The summed E-state index contributed by atoms with van der Waals surface area (Å²) >= 11 is 5.95. The van der Waals surface area contributed by atoms with Crippen LogP contribution in [0.2, 0.25) is 5.02 Å². The zero-order chi connectivity index (χ0) is 20.8. The van der Waals surface area contributed by atoms with Crippen molar-refractivity contribution in [3.8, 4) is 5.69 Å². The van der Waals surface area contributed by atoms with Crippen LogP contribution in [0.15, 0.2) is 73.1 Å². The van der Waals surface area contributed by atoms with E-state index >= 15 is 0 Å². The Kier molecular flexibility index (Phi) is 4.11. The van der Waals surface area contributed by atoms with Crippen LogP contribution in [0.5, 0.6) is 0 Å². The highest BCUT2D eigenvalue weighted by Gasteiger charge is 2.38. The third kappa shape index (κ3) is 2.84. The molecule has 3 aromatic carbocycles. The van der Waals surface area contributed by atoms with Gasteiger partial charge in [-0.1, -0.05) is 28.8 Å². The molecule has 0 atom stereocenters. The quantitative estimate of drug-likeness (QED) is 0.470. The van der Waals surface area contributed by atoms with Crippen LogP contribution in [0.4, 0.5) is 0 Å². The van der Waals surface area contributed by atoms with Crippen LogP contribution < -0.4 is 0 Å². The molecule has 7 nitrogen and oxygen atoms in total. The van der Waals surface area contributed by atoms with Crippen molar-refractivity contribution in [2.24, 2.45) is 0 Å². The van der Waals surface area contributed by atoms with Crippen LogP contribution in [0.3, 0.4) is 0 Å². The van der Waals surface area contributed by atoms with E-state index < -0.39 is 17.8 Å². The first-order valence-corrected chi connectivity index (χ1v) is 9.34. The Hall–Kier alpha value is -3.97. The van der Waals surface area contributed by atoms with Gasteiger partial charge in [-0.15, -0.1) is 0 Å². The molecule has 0 radical (unpaired) electrons. The maximum absolute atomic E-state index is 12.7. The molecule has 0 N–H and O–H groups in total. The molecule has 5 rings (SSSR count). The van der Waals surface area contributed by atoms with Crippen molar-refractivity contribution in [2.45, 2.75) is 0 Å². The highest BCUT2D eigenvalue weighted by Crippen LogP contribution is 2.25. The Morgan fingerprint density at radius 1 is 0.900 bits per heavy atom. The van der Waals surface area contributed by atoms with E-state index in [1.165, 1.54) is 18.2 Å². The molecule has 0 spiro atoms. The lowest BCUT2D eigenvalue weighted by Gasteiger charge is -2.13. The van der Waals surface area contributed by atoms with E-state index in [2.05, 4.69) is 4.98 Å². The molecule has 30 heavy (non-hydrogen) atoms. The van der Waals surface area contributed by atoms with Crippen molar-refractivity contribution in [3.05, 3.63) is 94.8 Å². The topological polar surface area (TPSA) is 81.5 Å². The van der Waals surface area contributed by atoms with Crippen LogP contribution in [0.25, 0.3) is 16.7 Å². The first kappa shape index (κ1) is 18.1. The second kappa shape index (κ2) is 6.82. The number of hydroxylamine groups is 2. The number of carbonyl (C=O) groups excluding carboxylic acids is 3. The number of rotatable bonds is 3. The first-order chi connectivity index (χ1) is 14.5. The Morgan fingerprint density at radius 2 is 1.57 bits per heavy atom. The Balaban J connectivity index is 1.46. The van der Waals surface area contributed by atoms with Gasteiger partial charge in [0.1, 0.15) is 6.33 Å². The van der Waals surface area contributed by atoms with Gasteiger partial charge in [-0.25, -0.2) is 9.78 Å². The van der Waals surface area contributed by atoms with Gasteiger partial charge in [0.25, 0.3) is 11.8 Å². The molecule has 1 aliphatic heterocycles. The number of hydrogen-bond donors (Lipinski definition) is 0. The van der Waals surface area contributed by atoms with Gasteiger partial charge < -0.3 is 4.84 Å². The molecule has 0 unspecified atom stereocenters. The van der Waals surface area contributed by atoms with Crippen LogP contribution in [0, 0.1) is 0 Å². The van der Waals surface area contributed by atoms with Crippen molar-refractivity contribution in [2.75, 3.05) is 0 Å². The lowest BCUT2D eigenvalue weighted by Crippen LogP contribution is -2.32. The van der Waals surface area contributed by atoms with Gasteiger partial charge in [0.2, 0.25) is 0 Å². The predicted octanol–water partition coefficient (Wildman–Crippen LogP) is 4.05. The minimum atomic E-state index is -0.824. The van der Waals surface area contributed by atoms with Crippen LogP contribution in [-0.4, -0.2) is 32.4 Å². The number of nitrogens with zero attached hydrogens (tertiary/aromatic N) is 3. The summed E-state index contributed by atoms with van der Waals surface area (Å²) in [6.45, 7) is 0. The van der Waals surface area contributed by atoms with Gasteiger partial charge in [0.05, 0.1) is 27.7 Å². The molecule has 0 aliphatic carbocycles. The zero-order valence-electron chi connectivity index (χ0n) is 15.3. The SMILES string of the molecule is O=C(ON1C(=O)c2ccccc2C1=O)c1ccc2ncn(-c3ccc(Cl)cc3)c2c1. The molecule has 0 fully saturated rings. The van der Waals surface area contributed by atoms with Crippen molar-refractivity contribution >= 4 is 40.4 Å². The maximum Gasteiger partial charge on any atom is 0.364 e. The average Bonchev–Trinajstić information content (AvgIpc) is 3.29. The number of benzene rings is 3. The maximum atomic E-state index is 12.7. The monoisotopic (exact) mass is 417 g/mol. The molecule has 2 amide bonds. The number of carbonyl (C=O) groups is 3. The summed E-state index contributed by atoms with van der Waals surface area (Å²) in [7, 11) is 0. The second-order valence-electron chi connectivity index (χ2n) is 6.62. The first-order valence-electron chi connectivity index (χ1n) is 8.96. The van der Waals surface area contributed by atoms with E-state index in [1.807, 2.05) is 12.1 Å². The molecule has 1 aromatic heterocycles. The van der Waals surface area contributed by atoms with E-state index in [0.29, 0.717) is 21.1 Å². The van der Waals surface area contributed by atoms with Crippen molar-refractivity contribution in [3.63, 3.8) is 0 Å². The van der Waals surface area contributed by atoms with Crippen molar-refractivity contribution in [1.29, 1.82) is 0 Å². The van der Waals surface area contributed by atoms with Crippen molar-refractivity contribution < 1.29 is 19.2 Å². The zero-order valence-corrected chi connectivity index (χ0v) is 16.0. The molecule has 146 valence electrons. The minimum Gasteiger partial charge on any atom is -0.324 e. The Bertz CT molecular complexity index is 1310. The Morgan fingerprint density at radius 3 is 2.23 bits per heavy atom. The van der Waals surface area contributed by atoms with Crippen LogP contribution in [-0.2, 0) is 4.84 Å². The van der Waals surface area contributed by atoms with Crippen molar-refractivity contribution in [1.82, 2.24) is 14.6 Å². The van der Waals surface area contributed by atoms with Gasteiger partial charge >= 0.3 is 5.97 Å². The second-order valence-corrected chi connectivity index (χ2v) is 7.06. The summed E-state index contributed by atoms with van der Waals surface area (Å²) in [5, 5.41) is 1.10. The predicted molar refractivity (Wildman–Crippen MR) is 108 cm³/mol. The molecule has 8 heteroatoms. The summed E-state index contributed by atoms with van der Waals surface area (Å²) in [4.78, 5) is 47.0.